The molecule has 32 heavy (non-hydrogen) atoms. The first-order valence-electron chi connectivity index (χ1n) is 10.1. The van der Waals surface area contributed by atoms with Crippen LogP contribution in [-0.4, -0.2) is 43.6 Å². The third-order valence-corrected chi connectivity index (χ3v) is 5.69. The fourth-order valence-electron chi connectivity index (χ4n) is 4.07. The molecule has 4 aromatic rings. The van der Waals surface area contributed by atoms with Gasteiger partial charge in [0, 0.05) is 23.6 Å². The summed E-state index contributed by atoms with van der Waals surface area (Å²) in [4.78, 5) is 8.60. The summed E-state index contributed by atoms with van der Waals surface area (Å²) in [5.41, 5.74) is 9.16. The minimum Gasteiger partial charge on any atom is -0.394 e. The zero-order valence-corrected chi connectivity index (χ0v) is 16.9. The molecule has 1 saturated heterocycles. The van der Waals surface area contributed by atoms with Gasteiger partial charge < -0.3 is 25.3 Å². The Morgan fingerprint density at radius 1 is 1.09 bits per heavy atom. The Bertz CT molecular complexity index is 1440. The minimum atomic E-state index is -0.777. The predicted molar refractivity (Wildman–Crippen MR) is 118 cm³/mol. The van der Waals surface area contributed by atoms with Crippen molar-refractivity contribution < 1.29 is 14.9 Å². The largest absolute Gasteiger partial charge is 0.394 e. The summed E-state index contributed by atoms with van der Waals surface area (Å²) in [6, 6.07) is 13.4. The average molecular weight is 425 g/mol. The number of anilines is 1. The highest BCUT2D eigenvalue weighted by atomic mass is 16.5. The lowest BCUT2D eigenvalue weighted by atomic mass is 10.00. The number of nitrogen functional groups attached to an aromatic ring is 1. The molecule has 2 aromatic carbocycles. The van der Waals surface area contributed by atoms with Gasteiger partial charge in [0.1, 0.15) is 17.8 Å². The number of nitriles is 1. The molecular weight excluding hydrogens is 406 g/mol. The number of pyridine rings is 1. The van der Waals surface area contributed by atoms with Gasteiger partial charge in [0.25, 0.3) is 0 Å². The molecule has 1 fully saturated rings. The van der Waals surface area contributed by atoms with Crippen LogP contribution in [0.1, 0.15) is 29.3 Å². The molecule has 8 heteroatoms. The second-order valence-corrected chi connectivity index (χ2v) is 7.59. The number of rotatable bonds is 2. The molecule has 4 N–H and O–H groups in total. The van der Waals surface area contributed by atoms with Crippen LogP contribution in [-0.2, 0) is 4.74 Å². The first kappa shape index (κ1) is 20.0. The Labute approximate surface area is 183 Å². The van der Waals surface area contributed by atoms with E-state index in [-0.39, 0.29) is 12.4 Å². The van der Waals surface area contributed by atoms with Crippen molar-refractivity contribution in [1.29, 1.82) is 5.26 Å². The van der Waals surface area contributed by atoms with E-state index in [0.717, 1.165) is 16.3 Å². The molecule has 0 amide bonds. The molecule has 0 saturated carbocycles. The lowest BCUT2D eigenvalue weighted by Crippen LogP contribution is -2.24. The lowest BCUT2D eigenvalue weighted by molar-refractivity contribution is -0.0430. The van der Waals surface area contributed by atoms with Crippen LogP contribution in [0.15, 0.2) is 48.9 Å². The molecule has 2 aromatic heterocycles. The van der Waals surface area contributed by atoms with Crippen molar-refractivity contribution in [3.63, 3.8) is 0 Å². The average Bonchev–Trinajstić information content (AvgIpc) is 3.42. The van der Waals surface area contributed by atoms with Gasteiger partial charge in [0.05, 0.1) is 41.8 Å². The number of hydrogen-bond donors (Lipinski definition) is 3. The van der Waals surface area contributed by atoms with E-state index in [1.807, 2.05) is 30.3 Å². The Morgan fingerprint density at radius 2 is 1.81 bits per heavy atom. The number of aromatic nitrogens is 3. The van der Waals surface area contributed by atoms with Gasteiger partial charge in [-0.2, -0.15) is 5.26 Å². The van der Waals surface area contributed by atoms with Crippen LogP contribution in [0.25, 0.3) is 21.8 Å². The van der Waals surface area contributed by atoms with E-state index in [9.17, 15) is 15.5 Å². The fourth-order valence-corrected chi connectivity index (χ4v) is 4.07. The summed E-state index contributed by atoms with van der Waals surface area (Å²) >= 11 is 0. The van der Waals surface area contributed by atoms with Crippen molar-refractivity contribution in [1.82, 2.24) is 14.5 Å². The number of aliphatic hydroxyl groups excluding tert-OH is 2. The number of aliphatic hydroxyl groups is 2. The van der Waals surface area contributed by atoms with Crippen LogP contribution >= 0.6 is 0 Å². The van der Waals surface area contributed by atoms with Gasteiger partial charge >= 0.3 is 0 Å². The molecule has 1 aliphatic rings. The number of fused-ring (bicyclic) bond motifs is 2. The zero-order valence-electron chi connectivity index (χ0n) is 16.9. The van der Waals surface area contributed by atoms with Crippen molar-refractivity contribution in [3.8, 4) is 17.9 Å². The van der Waals surface area contributed by atoms with Crippen LogP contribution < -0.4 is 5.73 Å². The van der Waals surface area contributed by atoms with Crippen LogP contribution in [0.3, 0.4) is 0 Å². The highest BCUT2D eigenvalue weighted by Crippen LogP contribution is 2.33. The van der Waals surface area contributed by atoms with E-state index in [1.165, 1.54) is 0 Å². The summed E-state index contributed by atoms with van der Waals surface area (Å²) in [6.45, 7) is -0.271. The maximum atomic E-state index is 10.1. The maximum Gasteiger partial charge on any atom is 0.151 e. The molecule has 3 atom stereocenters. The fraction of sp³-hybridized carbons (Fsp3) is 0.208. The molecule has 8 nitrogen and oxygen atoms in total. The second-order valence-electron chi connectivity index (χ2n) is 7.59. The number of ether oxygens (including phenoxy) is 1. The van der Waals surface area contributed by atoms with Gasteiger partial charge in [0.2, 0.25) is 0 Å². The quantitative estimate of drug-likeness (QED) is 0.419. The molecule has 0 spiro atoms. The van der Waals surface area contributed by atoms with Crippen LogP contribution in [0.5, 0.6) is 0 Å². The van der Waals surface area contributed by atoms with E-state index in [2.05, 4.69) is 27.9 Å². The van der Waals surface area contributed by atoms with Gasteiger partial charge in [-0.3, -0.25) is 0 Å². The molecule has 5 rings (SSSR count). The Morgan fingerprint density at radius 3 is 2.53 bits per heavy atom. The summed E-state index contributed by atoms with van der Waals surface area (Å²) in [6.07, 6.45) is 1.54. The Hall–Kier alpha value is -3.95. The minimum absolute atomic E-state index is 0.269. The van der Waals surface area contributed by atoms with E-state index in [4.69, 9.17) is 10.5 Å². The smallest absolute Gasteiger partial charge is 0.151 e. The molecule has 0 unspecified atom stereocenters. The van der Waals surface area contributed by atoms with Crippen LogP contribution in [0.4, 0.5) is 5.82 Å². The van der Waals surface area contributed by atoms with E-state index >= 15 is 0 Å². The third-order valence-electron chi connectivity index (χ3n) is 5.69. The van der Waals surface area contributed by atoms with E-state index in [1.54, 1.807) is 23.2 Å². The SMILES string of the molecule is N#Cc1ccc(C#Cc2cnc(N)c3ncn([C@H]4C[C@H](O)[C@@H](CO)O4)c23)c2ccccc12. The number of benzene rings is 2. The first-order valence-corrected chi connectivity index (χ1v) is 10.1. The van der Waals surface area contributed by atoms with Crippen molar-refractivity contribution in [2.45, 2.75) is 24.9 Å². The highest BCUT2D eigenvalue weighted by molar-refractivity contribution is 5.93. The first-order chi connectivity index (χ1) is 15.6. The maximum absolute atomic E-state index is 10.1. The van der Waals surface area contributed by atoms with Crippen molar-refractivity contribution in [2.75, 3.05) is 12.3 Å². The summed E-state index contributed by atoms with van der Waals surface area (Å²) in [5, 5.41) is 30.7. The Kier molecular flexibility index (Phi) is 4.96. The standard InChI is InChI=1S/C24H19N5O3/c25-10-15-7-5-14(17-3-1-2-4-18(15)17)6-8-16-11-27-24(26)22-23(16)29(13-28-22)21-9-19(31)20(12-30)32-21/h1-5,7,11,13,19-21,30-31H,9,12H2,(H2,26,27)/t19-,20+,21+/m0/s1. The van der Waals surface area contributed by atoms with Gasteiger partial charge in [-0.1, -0.05) is 36.1 Å². The normalized spacial score (nSPS) is 20.2. The van der Waals surface area contributed by atoms with Crippen molar-refractivity contribution in [3.05, 3.63) is 65.6 Å². The topological polar surface area (TPSA) is 130 Å². The van der Waals surface area contributed by atoms with Crippen LogP contribution in [0, 0.1) is 23.2 Å². The third kappa shape index (κ3) is 3.24. The number of nitrogens with zero attached hydrogens (tertiary/aromatic N) is 4. The van der Waals surface area contributed by atoms with Crippen molar-refractivity contribution >= 4 is 27.6 Å². The Balaban J connectivity index is 1.63. The number of imidazole rings is 1. The summed E-state index contributed by atoms with van der Waals surface area (Å²) in [7, 11) is 0. The molecule has 0 aliphatic carbocycles. The van der Waals surface area contributed by atoms with E-state index < -0.39 is 18.4 Å². The summed E-state index contributed by atoms with van der Waals surface area (Å²) in [5.74, 6) is 6.63. The molecule has 0 radical (unpaired) electrons. The molecular formula is C24H19N5O3. The highest BCUT2D eigenvalue weighted by Gasteiger charge is 2.35. The lowest BCUT2D eigenvalue weighted by Gasteiger charge is -2.15. The van der Waals surface area contributed by atoms with Gasteiger partial charge in [-0.05, 0) is 17.5 Å². The van der Waals surface area contributed by atoms with Gasteiger partial charge in [0.15, 0.2) is 5.82 Å². The number of hydrogen-bond acceptors (Lipinski definition) is 7. The van der Waals surface area contributed by atoms with Gasteiger partial charge in [-0.15, -0.1) is 0 Å². The monoisotopic (exact) mass is 425 g/mol. The van der Waals surface area contributed by atoms with E-state index in [0.29, 0.717) is 28.6 Å². The predicted octanol–water partition coefficient (Wildman–Crippen LogP) is 2.08. The molecule has 3 heterocycles. The number of nitrogens with two attached hydrogens (primary N) is 1. The molecule has 0 bridgehead atoms. The van der Waals surface area contributed by atoms with Gasteiger partial charge in [-0.25, -0.2) is 9.97 Å². The van der Waals surface area contributed by atoms with Crippen molar-refractivity contribution in [2.24, 2.45) is 0 Å². The summed E-state index contributed by atoms with van der Waals surface area (Å²) < 4.78 is 7.57. The zero-order chi connectivity index (χ0) is 22.2. The second kappa shape index (κ2) is 7.95. The molecule has 1 aliphatic heterocycles. The van der Waals surface area contributed by atoms with Crippen LogP contribution in [0.2, 0.25) is 0 Å². The molecule has 158 valence electrons.